The summed E-state index contributed by atoms with van der Waals surface area (Å²) in [6, 6.07) is 17.6. The van der Waals surface area contributed by atoms with Gasteiger partial charge in [0, 0.05) is 60.9 Å². The molecule has 0 spiro atoms. The molecule has 3 N–H and O–H groups in total. The summed E-state index contributed by atoms with van der Waals surface area (Å²) in [4.78, 5) is 15.1. The number of para-hydroxylation sites is 1. The Morgan fingerprint density at radius 3 is 2.65 bits per heavy atom. The van der Waals surface area contributed by atoms with Crippen molar-refractivity contribution in [1.29, 1.82) is 0 Å². The van der Waals surface area contributed by atoms with E-state index in [0.29, 0.717) is 28.8 Å². The van der Waals surface area contributed by atoms with E-state index in [4.69, 9.17) is 16.0 Å². The van der Waals surface area contributed by atoms with Gasteiger partial charge in [-0.3, -0.25) is 0 Å². The lowest BCUT2D eigenvalue weighted by molar-refractivity contribution is 0.302. The number of hydrogen-bond acceptors (Lipinski definition) is 8. The van der Waals surface area contributed by atoms with E-state index in [1.54, 1.807) is 49.7 Å². The third kappa shape index (κ3) is 6.06. The van der Waals surface area contributed by atoms with E-state index in [-0.39, 0.29) is 18.1 Å². The number of methoxy groups -OCH3 is 1. The lowest BCUT2D eigenvalue weighted by Gasteiger charge is -2.30. The van der Waals surface area contributed by atoms with Crippen molar-refractivity contribution in [3.05, 3.63) is 95.2 Å². The maximum Gasteiger partial charge on any atom is 0.250 e. The monoisotopic (exact) mass is 539 g/mol. The Hall–Kier alpha value is -4.88. The highest BCUT2D eigenvalue weighted by molar-refractivity contribution is 5.80. The second-order valence-electron chi connectivity index (χ2n) is 9.24. The Labute approximate surface area is 232 Å². The number of aryl methyl sites for hydroxylation is 1. The van der Waals surface area contributed by atoms with Crippen LogP contribution in [0.4, 0.5) is 38.9 Å². The largest absolute Gasteiger partial charge is 0.500 e. The van der Waals surface area contributed by atoms with Crippen LogP contribution >= 0.6 is 0 Å². The van der Waals surface area contributed by atoms with Crippen LogP contribution in [0.5, 0.6) is 11.5 Å². The zero-order valence-corrected chi connectivity index (χ0v) is 22.4. The van der Waals surface area contributed by atoms with Gasteiger partial charge < -0.3 is 30.3 Å². The quantitative estimate of drug-likeness (QED) is 0.225. The van der Waals surface area contributed by atoms with E-state index in [0.717, 1.165) is 48.9 Å². The van der Waals surface area contributed by atoms with Gasteiger partial charge in [-0.1, -0.05) is 24.3 Å². The first-order valence-electron chi connectivity index (χ1n) is 12.9. The Kier molecular flexibility index (Phi) is 8.23. The van der Waals surface area contributed by atoms with E-state index in [9.17, 15) is 4.39 Å². The Morgan fingerprint density at radius 2 is 1.88 bits per heavy atom. The number of piperazine rings is 1. The molecule has 40 heavy (non-hydrogen) atoms. The number of aromatic nitrogens is 2. The first-order valence-corrected chi connectivity index (χ1v) is 12.9. The van der Waals surface area contributed by atoms with Crippen LogP contribution < -0.4 is 30.3 Å². The molecule has 204 valence electrons. The molecule has 0 amide bonds. The molecule has 1 aliphatic heterocycles. The van der Waals surface area contributed by atoms with Crippen LogP contribution in [0.3, 0.4) is 0 Å². The molecule has 10 heteroatoms. The molecule has 4 aromatic rings. The fourth-order valence-corrected chi connectivity index (χ4v) is 4.43. The maximum absolute atomic E-state index is 14.0. The van der Waals surface area contributed by atoms with Crippen LogP contribution in [0.15, 0.2) is 66.9 Å². The van der Waals surface area contributed by atoms with E-state index < -0.39 is 0 Å². The highest BCUT2D eigenvalue weighted by Crippen LogP contribution is 2.38. The number of anilines is 5. The molecule has 0 bridgehead atoms. The van der Waals surface area contributed by atoms with Gasteiger partial charge in [0.2, 0.25) is 5.95 Å². The van der Waals surface area contributed by atoms with Gasteiger partial charge in [0.1, 0.15) is 29.7 Å². The average molecular weight is 540 g/mol. The van der Waals surface area contributed by atoms with Crippen molar-refractivity contribution in [2.45, 2.75) is 13.5 Å². The van der Waals surface area contributed by atoms with Gasteiger partial charge in [0.05, 0.1) is 19.4 Å². The maximum atomic E-state index is 14.0. The van der Waals surface area contributed by atoms with Crippen molar-refractivity contribution >= 4 is 34.5 Å². The summed E-state index contributed by atoms with van der Waals surface area (Å²) in [7, 11) is 1.67. The predicted molar refractivity (Wildman–Crippen MR) is 155 cm³/mol. The van der Waals surface area contributed by atoms with Crippen LogP contribution in [0.2, 0.25) is 0 Å². The zero-order valence-electron chi connectivity index (χ0n) is 22.4. The van der Waals surface area contributed by atoms with E-state index in [1.165, 1.54) is 6.07 Å². The molecule has 5 rings (SSSR count). The van der Waals surface area contributed by atoms with E-state index in [2.05, 4.69) is 35.7 Å². The third-order valence-corrected chi connectivity index (χ3v) is 6.57. The number of rotatable bonds is 9. The van der Waals surface area contributed by atoms with Crippen LogP contribution in [0.25, 0.3) is 4.85 Å². The minimum absolute atomic E-state index is 0.0101. The van der Waals surface area contributed by atoms with Crippen LogP contribution in [0.1, 0.15) is 11.1 Å². The molecule has 0 atom stereocenters. The van der Waals surface area contributed by atoms with Gasteiger partial charge >= 0.3 is 0 Å². The molecule has 9 nitrogen and oxygen atoms in total. The fraction of sp³-hybridized carbons (Fsp3) is 0.233. The van der Waals surface area contributed by atoms with Crippen molar-refractivity contribution in [1.82, 2.24) is 15.3 Å². The normalized spacial score (nSPS) is 12.9. The van der Waals surface area contributed by atoms with Crippen LogP contribution in [0, 0.1) is 19.3 Å². The second-order valence-corrected chi connectivity index (χ2v) is 9.24. The first kappa shape index (κ1) is 26.7. The van der Waals surface area contributed by atoms with Crippen molar-refractivity contribution in [3.63, 3.8) is 0 Å². The zero-order chi connectivity index (χ0) is 27.9. The molecular formula is C30H30FN7O2. The highest BCUT2D eigenvalue weighted by atomic mass is 19.1. The number of nitrogens with zero attached hydrogens (tertiary/aromatic N) is 4. The number of nitrogens with one attached hydrogen (secondary N) is 3. The minimum atomic E-state index is -0.353. The van der Waals surface area contributed by atoms with Crippen molar-refractivity contribution < 1.29 is 13.9 Å². The lowest BCUT2D eigenvalue weighted by Crippen LogP contribution is -2.43. The summed E-state index contributed by atoms with van der Waals surface area (Å²) in [5.41, 5.74) is 3.85. The molecule has 1 aliphatic rings. The van der Waals surface area contributed by atoms with Crippen molar-refractivity contribution in [2.24, 2.45) is 0 Å². The second kappa shape index (κ2) is 12.3. The Balaban J connectivity index is 1.34. The SMILES string of the molecule is [C-]#[N+]c1c(Nc2nc(Nc3ccc(N4CCNCC4)c(OC)c3)ncc2C)cccc1OCc1ccccc1F. The van der Waals surface area contributed by atoms with Crippen molar-refractivity contribution in [3.8, 4) is 11.5 Å². The molecule has 0 aliphatic carbocycles. The average Bonchev–Trinajstić information content (AvgIpc) is 2.99. The molecule has 1 fully saturated rings. The summed E-state index contributed by atoms with van der Waals surface area (Å²) in [5.74, 6) is 1.70. The summed E-state index contributed by atoms with van der Waals surface area (Å²) < 4.78 is 25.5. The summed E-state index contributed by atoms with van der Waals surface area (Å²) >= 11 is 0. The fourth-order valence-electron chi connectivity index (χ4n) is 4.43. The van der Waals surface area contributed by atoms with Crippen molar-refractivity contribution in [2.75, 3.05) is 48.8 Å². The first-order chi connectivity index (χ1) is 19.6. The molecule has 1 aromatic heterocycles. The molecule has 0 unspecified atom stereocenters. The third-order valence-electron chi connectivity index (χ3n) is 6.57. The summed E-state index contributed by atoms with van der Waals surface area (Å²) in [6.45, 7) is 13.4. The predicted octanol–water partition coefficient (Wildman–Crippen LogP) is 5.96. The summed E-state index contributed by atoms with van der Waals surface area (Å²) in [6.07, 6.45) is 1.71. The molecule has 1 saturated heterocycles. The minimum Gasteiger partial charge on any atom is -0.500 e. The Bertz CT molecular complexity index is 1530. The van der Waals surface area contributed by atoms with Crippen LogP contribution in [-0.4, -0.2) is 43.3 Å². The smallest absolute Gasteiger partial charge is 0.250 e. The molecule has 0 radical (unpaired) electrons. The van der Waals surface area contributed by atoms with E-state index >= 15 is 0 Å². The molecular weight excluding hydrogens is 509 g/mol. The molecule has 0 saturated carbocycles. The number of halogens is 1. The standard InChI is InChI=1S/C30H30FN7O2/c1-20-18-34-30(35-22-11-12-25(27(17-22)39-3)38-15-13-33-14-16-38)37-29(20)36-24-9-6-10-26(28(24)32-2)40-19-21-7-4-5-8-23(21)31/h4-12,17-18,33H,13-16,19H2,1,3H3,(H2,34,35,36,37). The van der Waals surface area contributed by atoms with Gasteiger partial charge in [0.25, 0.3) is 5.69 Å². The molecule has 2 heterocycles. The number of benzene rings is 3. The topological polar surface area (TPSA) is 87.9 Å². The Morgan fingerprint density at radius 1 is 1.05 bits per heavy atom. The van der Waals surface area contributed by atoms with Gasteiger partial charge in [-0.15, -0.1) is 0 Å². The van der Waals surface area contributed by atoms with Gasteiger partial charge in [0.15, 0.2) is 0 Å². The van der Waals surface area contributed by atoms with Gasteiger partial charge in [-0.2, -0.15) is 4.98 Å². The van der Waals surface area contributed by atoms with Crippen LogP contribution in [-0.2, 0) is 6.61 Å². The van der Waals surface area contributed by atoms with Gasteiger partial charge in [-0.05, 0) is 37.3 Å². The lowest BCUT2D eigenvalue weighted by atomic mass is 10.2. The number of ether oxygens (including phenoxy) is 2. The number of hydrogen-bond donors (Lipinski definition) is 3. The highest BCUT2D eigenvalue weighted by Gasteiger charge is 2.17. The summed E-state index contributed by atoms with van der Waals surface area (Å²) in [5, 5.41) is 9.86. The van der Waals surface area contributed by atoms with Gasteiger partial charge in [-0.25, -0.2) is 14.2 Å². The molecule has 3 aromatic carbocycles. The van der Waals surface area contributed by atoms with E-state index in [1.807, 2.05) is 25.1 Å².